The minimum absolute atomic E-state index is 0. The van der Waals surface area contributed by atoms with Gasteiger partial charge in [-0.25, -0.2) is 0 Å². The van der Waals surface area contributed by atoms with Crippen molar-refractivity contribution in [2.45, 2.75) is 0 Å². The number of hydrogen-bond donors (Lipinski definition) is 1. The van der Waals surface area contributed by atoms with Gasteiger partial charge in [-0.1, -0.05) is 0 Å². The Labute approximate surface area is 47.5 Å². The second-order valence-electron chi connectivity index (χ2n) is 0.105. The molecule has 4 heavy (non-hydrogen) atoms. The van der Waals surface area contributed by atoms with Crippen LogP contribution in [0.2, 0.25) is 0 Å². The largest absolute Gasteiger partial charge is 0 e. The van der Waals surface area contributed by atoms with Crippen molar-refractivity contribution < 1.29 is 26.0 Å². The minimum atomic E-state index is -2.14. The van der Waals surface area contributed by atoms with Crippen molar-refractivity contribution in [1.29, 1.82) is 0 Å². The summed E-state index contributed by atoms with van der Waals surface area (Å²) in [7, 11) is 0. The average Bonchev–Trinajstić information content (AvgIpc) is 0.918. The number of hydrogen-bond acceptors (Lipinski definition) is 1. The fourth-order valence-corrected chi connectivity index (χ4v) is 0. The topological polar surface area (TPSA) is 37.3 Å². The fourth-order valence-electron chi connectivity index (χ4n) is 0. The molecular weight excluding hydrogens is 216 g/mol. The Morgan fingerprint density at radius 2 is 1.75 bits per heavy atom. The third-order valence-electron chi connectivity index (χ3n) is 0. The first kappa shape index (κ1) is 8.95. The summed E-state index contributed by atoms with van der Waals surface area (Å²) in [5, 5.41) is 0. The van der Waals surface area contributed by atoms with Crippen LogP contribution in [-0.4, -0.2) is 25.0 Å². The predicted molar refractivity (Wildman–Crippen MR) is 10.1 cm³/mol. The Hall–Kier alpha value is 1.18. The van der Waals surface area contributed by atoms with Crippen LogP contribution in [0.15, 0.2) is 0 Å². The molecule has 0 aromatic heterocycles. The summed E-state index contributed by atoms with van der Waals surface area (Å²) in [6.45, 7) is 0. The third kappa shape index (κ3) is 10.8. The molecule has 0 spiro atoms. The summed E-state index contributed by atoms with van der Waals surface area (Å²) in [6, 6.07) is 0. The second-order valence-corrected chi connectivity index (χ2v) is 0.707. The average molecular weight is 218 g/mol. The van der Waals surface area contributed by atoms with E-state index in [1.54, 1.807) is 0 Å². The van der Waals surface area contributed by atoms with Gasteiger partial charge in [0.1, 0.15) is 0 Å². The van der Waals surface area contributed by atoms with Gasteiger partial charge in [0, 0.05) is 19.5 Å². The SMILES string of the molecule is [O]=[SnH][OH].[Zn]. The number of rotatable bonds is 0. The monoisotopic (exact) mass is 218 g/mol. The van der Waals surface area contributed by atoms with E-state index in [0.717, 1.165) is 0 Å². The van der Waals surface area contributed by atoms with Gasteiger partial charge in [-0.3, -0.25) is 0 Å². The Morgan fingerprint density at radius 3 is 1.75 bits per heavy atom. The molecule has 0 aromatic carbocycles. The molecule has 0 heterocycles. The standard InChI is InChI=1S/H2O.O.Sn.Zn.H/h1H2;;;;/q;;+1;;/p-1. The Bertz CT molecular complexity index is 13.5. The molecular formula is H2O2SnZn. The van der Waals surface area contributed by atoms with Gasteiger partial charge in [0.25, 0.3) is 0 Å². The van der Waals surface area contributed by atoms with Gasteiger partial charge in [-0.15, -0.1) is 0 Å². The molecule has 1 N–H and O–H groups in total. The van der Waals surface area contributed by atoms with Gasteiger partial charge in [-0.05, 0) is 0 Å². The minimum Gasteiger partial charge on any atom is 0 e. The molecule has 0 bridgehead atoms. The van der Waals surface area contributed by atoms with Crippen molar-refractivity contribution in [3.8, 4) is 0 Å². The molecule has 4 heteroatoms. The van der Waals surface area contributed by atoms with E-state index in [2.05, 4.69) is 0 Å². The van der Waals surface area contributed by atoms with Gasteiger partial charge >= 0.3 is 28.1 Å². The molecule has 0 atom stereocenters. The zero-order valence-electron chi connectivity index (χ0n) is 2.14. The van der Waals surface area contributed by atoms with Crippen LogP contribution < -0.4 is 0 Å². The Balaban J connectivity index is 0. The zero-order valence-corrected chi connectivity index (χ0v) is 8.40. The van der Waals surface area contributed by atoms with Crippen molar-refractivity contribution in [1.82, 2.24) is 0 Å². The van der Waals surface area contributed by atoms with E-state index >= 15 is 0 Å². The van der Waals surface area contributed by atoms with Crippen LogP contribution in [0.25, 0.3) is 0 Å². The maximum Gasteiger partial charge on any atom is 0 e. The normalized spacial score (nSPS) is 3.25. The quantitative estimate of drug-likeness (QED) is 0.512. The maximum absolute atomic E-state index is 8.68. The van der Waals surface area contributed by atoms with E-state index in [4.69, 9.17) is 6.52 Å². The first-order valence-corrected chi connectivity index (χ1v) is 3.31. The summed E-state index contributed by atoms with van der Waals surface area (Å²) in [4.78, 5) is 0. The van der Waals surface area contributed by atoms with Gasteiger partial charge in [0.15, 0.2) is 0 Å². The van der Waals surface area contributed by atoms with E-state index in [0.29, 0.717) is 0 Å². The van der Waals surface area contributed by atoms with Crippen LogP contribution in [0, 0.1) is 0 Å². The van der Waals surface area contributed by atoms with E-state index in [-0.39, 0.29) is 19.5 Å². The third-order valence-corrected chi connectivity index (χ3v) is 0. The summed E-state index contributed by atoms with van der Waals surface area (Å²) >= 11 is -2.14. The fraction of sp³-hybridized carbons (Fsp3) is 0. The molecule has 0 radical (unpaired) electrons. The van der Waals surface area contributed by atoms with Gasteiger partial charge in [0.2, 0.25) is 0 Å². The van der Waals surface area contributed by atoms with Crippen molar-refractivity contribution in [2.75, 3.05) is 0 Å². The summed E-state index contributed by atoms with van der Waals surface area (Å²) in [5.41, 5.74) is 0. The second kappa shape index (κ2) is 8.89. The molecule has 20 valence electrons. The van der Waals surface area contributed by atoms with Gasteiger partial charge < -0.3 is 0 Å². The van der Waals surface area contributed by atoms with Crippen LogP contribution in [-0.2, 0) is 22.6 Å². The van der Waals surface area contributed by atoms with Crippen molar-refractivity contribution in [3.63, 3.8) is 0 Å². The van der Waals surface area contributed by atoms with Crippen LogP contribution in [0.4, 0.5) is 0 Å². The molecule has 0 amide bonds. The molecule has 0 aliphatic heterocycles. The molecule has 0 aliphatic carbocycles. The molecule has 0 aromatic rings. The molecule has 0 fully saturated rings. The van der Waals surface area contributed by atoms with E-state index in [1.807, 2.05) is 0 Å². The van der Waals surface area contributed by atoms with Crippen molar-refractivity contribution >= 4 is 21.5 Å². The predicted octanol–water partition coefficient (Wildman–Crippen LogP) is -1.33. The smallest absolute Gasteiger partial charge is 0 e. The van der Waals surface area contributed by atoms with Crippen LogP contribution >= 0.6 is 0 Å². The van der Waals surface area contributed by atoms with E-state index in [1.165, 1.54) is 0 Å². The Kier molecular flexibility index (Phi) is 19.9. The first-order chi connectivity index (χ1) is 1.41. The molecule has 2 nitrogen and oxygen atoms in total. The van der Waals surface area contributed by atoms with Crippen molar-refractivity contribution in [3.05, 3.63) is 0 Å². The summed E-state index contributed by atoms with van der Waals surface area (Å²) in [5.74, 6) is 0. The van der Waals surface area contributed by atoms with Crippen LogP contribution in [0.5, 0.6) is 0 Å². The maximum atomic E-state index is 8.68. The zero-order chi connectivity index (χ0) is 2.71. The van der Waals surface area contributed by atoms with Crippen LogP contribution in [0.3, 0.4) is 0 Å². The first-order valence-electron chi connectivity index (χ1n) is 0.494. The Morgan fingerprint density at radius 1 is 1.75 bits per heavy atom. The van der Waals surface area contributed by atoms with Gasteiger partial charge in [0.05, 0.1) is 0 Å². The van der Waals surface area contributed by atoms with E-state index in [9.17, 15) is 0 Å². The molecule has 0 rings (SSSR count). The van der Waals surface area contributed by atoms with Crippen molar-refractivity contribution in [2.24, 2.45) is 0 Å². The molecule has 0 saturated heterocycles. The molecule has 0 aliphatic rings. The summed E-state index contributed by atoms with van der Waals surface area (Å²) < 4.78 is 15.9. The van der Waals surface area contributed by atoms with Crippen LogP contribution in [0.1, 0.15) is 0 Å². The molecule has 0 unspecified atom stereocenters. The van der Waals surface area contributed by atoms with E-state index < -0.39 is 21.5 Å². The summed E-state index contributed by atoms with van der Waals surface area (Å²) in [6.07, 6.45) is 0. The van der Waals surface area contributed by atoms with Gasteiger partial charge in [-0.2, -0.15) is 0 Å². The molecule has 0 saturated carbocycles.